The highest BCUT2D eigenvalue weighted by Crippen LogP contribution is 2.32. The maximum atomic E-state index is 9.42. The van der Waals surface area contributed by atoms with Crippen molar-refractivity contribution >= 4 is 27.5 Å². The summed E-state index contributed by atoms with van der Waals surface area (Å²) in [5.74, 6) is 1.27. The van der Waals surface area contributed by atoms with Crippen LogP contribution in [0.5, 0.6) is 11.5 Å². The molecule has 0 saturated heterocycles. The molecule has 94 valence electrons. The van der Waals surface area contributed by atoms with E-state index in [2.05, 4.69) is 15.9 Å². The molecule has 2 nitrogen and oxygen atoms in total. The predicted molar refractivity (Wildman–Crippen MR) is 76.3 cm³/mol. The molecule has 2 rings (SSSR count). The molecular weight excluding hydrogens is 316 g/mol. The van der Waals surface area contributed by atoms with E-state index in [0.717, 1.165) is 10.0 Å². The number of rotatable bonds is 3. The highest BCUT2D eigenvalue weighted by atomic mass is 79.9. The molecule has 0 saturated carbocycles. The van der Waals surface area contributed by atoms with E-state index in [1.165, 1.54) is 0 Å². The van der Waals surface area contributed by atoms with Gasteiger partial charge in [0.05, 0.1) is 11.1 Å². The number of aliphatic hydroxyl groups excluding tert-OH is 1. The summed E-state index contributed by atoms with van der Waals surface area (Å²) in [4.78, 5) is 0. The average molecular weight is 328 g/mol. The van der Waals surface area contributed by atoms with Crippen LogP contribution in [0.2, 0.25) is 5.02 Å². The lowest BCUT2D eigenvalue weighted by molar-refractivity contribution is 0.199. The molecule has 0 amide bonds. The molecule has 1 N–H and O–H groups in total. The van der Waals surface area contributed by atoms with Crippen LogP contribution in [-0.4, -0.2) is 5.11 Å². The summed E-state index contributed by atoms with van der Waals surface area (Å²) in [5, 5.41) is 9.97. The molecule has 2 aromatic carbocycles. The minimum Gasteiger partial charge on any atom is -0.456 e. The number of hydrogen-bond donors (Lipinski definition) is 1. The van der Waals surface area contributed by atoms with Crippen molar-refractivity contribution in [2.75, 3.05) is 0 Å². The van der Waals surface area contributed by atoms with E-state index >= 15 is 0 Å². The highest BCUT2D eigenvalue weighted by molar-refractivity contribution is 9.10. The van der Waals surface area contributed by atoms with Crippen molar-refractivity contribution < 1.29 is 9.84 Å². The van der Waals surface area contributed by atoms with E-state index in [0.29, 0.717) is 16.5 Å². The largest absolute Gasteiger partial charge is 0.456 e. The number of ether oxygens (including phenoxy) is 1. The van der Waals surface area contributed by atoms with E-state index in [-0.39, 0.29) is 0 Å². The Labute approximate surface area is 119 Å². The van der Waals surface area contributed by atoms with Gasteiger partial charge in [-0.15, -0.1) is 0 Å². The van der Waals surface area contributed by atoms with Crippen LogP contribution in [0.15, 0.2) is 46.9 Å². The zero-order chi connectivity index (χ0) is 13.1. The first-order valence-corrected chi connectivity index (χ1v) is 6.64. The van der Waals surface area contributed by atoms with Crippen LogP contribution in [0, 0.1) is 0 Å². The molecule has 1 atom stereocenters. The molecule has 2 aromatic rings. The maximum Gasteiger partial charge on any atom is 0.147 e. The van der Waals surface area contributed by atoms with Crippen molar-refractivity contribution in [3.05, 3.63) is 57.5 Å². The Kier molecular flexibility index (Phi) is 4.27. The van der Waals surface area contributed by atoms with E-state index in [9.17, 15) is 5.11 Å². The van der Waals surface area contributed by atoms with Gasteiger partial charge in [-0.05, 0) is 42.8 Å². The lowest BCUT2D eigenvalue weighted by Gasteiger charge is -2.09. The first kappa shape index (κ1) is 13.4. The molecule has 0 unspecified atom stereocenters. The summed E-state index contributed by atoms with van der Waals surface area (Å²) >= 11 is 9.41. The van der Waals surface area contributed by atoms with Gasteiger partial charge in [-0.1, -0.05) is 39.7 Å². The third kappa shape index (κ3) is 3.25. The molecule has 4 heteroatoms. The van der Waals surface area contributed by atoms with Crippen LogP contribution in [0.3, 0.4) is 0 Å². The maximum absolute atomic E-state index is 9.42. The molecule has 18 heavy (non-hydrogen) atoms. The topological polar surface area (TPSA) is 29.5 Å². The van der Waals surface area contributed by atoms with Gasteiger partial charge in [-0.2, -0.15) is 0 Å². The van der Waals surface area contributed by atoms with Gasteiger partial charge >= 0.3 is 0 Å². The molecule has 0 aliphatic carbocycles. The Morgan fingerprint density at radius 3 is 2.44 bits per heavy atom. The van der Waals surface area contributed by atoms with Gasteiger partial charge in [0.2, 0.25) is 0 Å². The summed E-state index contributed by atoms with van der Waals surface area (Å²) in [7, 11) is 0. The Balaban J connectivity index is 2.21. The van der Waals surface area contributed by atoms with Crippen molar-refractivity contribution in [3.8, 4) is 11.5 Å². The monoisotopic (exact) mass is 326 g/mol. The summed E-state index contributed by atoms with van der Waals surface area (Å²) in [5.41, 5.74) is 0.850. The third-order valence-electron chi connectivity index (χ3n) is 2.48. The highest BCUT2D eigenvalue weighted by Gasteiger charge is 2.05. The normalized spacial score (nSPS) is 12.2. The van der Waals surface area contributed by atoms with Crippen LogP contribution < -0.4 is 4.74 Å². The van der Waals surface area contributed by atoms with Gasteiger partial charge in [-0.25, -0.2) is 0 Å². The van der Waals surface area contributed by atoms with Crippen molar-refractivity contribution in [1.82, 2.24) is 0 Å². The molecule has 0 aromatic heterocycles. The van der Waals surface area contributed by atoms with Crippen LogP contribution in [0.4, 0.5) is 0 Å². The fraction of sp³-hybridized carbons (Fsp3) is 0.143. The Morgan fingerprint density at radius 1 is 1.17 bits per heavy atom. The number of aliphatic hydroxyl groups is 1. The minimum absolute atomic E-state index is 0.478. The number of halogens is 2. The lowest BCUT2D eigenvalue weighted by Crippen LogP contribution is -1.91. The minimum atomic E-state index is -0.478. The smallest absolute Gasteiger partial charge is 0.147 e. The van der Waals surface area contributed by atoms with Crippen molar-refractivity contribution in [3.63, 3.8) is 0 Å². The number of hydrogen-bond acceptors (Lipinski definition) is 2. The molecular formula is C14H12BrClO2. The zero-order valence-electron chi connectivity index (χ0n) is 9.73. The summed E-state index contributed by atoms with van der Waals surface area (Å²) in [6.07, 6.45) is -0.478. The van der Waals surface area contributed by atoms with Gasteiger partial charge in [0.1, 0.15) is 11.5 Å². The van der Waals surface area contributed by atoms with E-state index < -0.39 is 6.10 Å². The van der Waals surface area contributed by atoms with Crippen LogP contribution in [-0.2, 0) is 0 Å². The summed E-state index contributed by atoms with van der Waals surface area (Å²) in [6.45, 7) is 1.72. The van der Waals surface area contributed by atoms with Gasteiger partial charge in [0.15, 0.2) is 0 Å². The second-order valence-corrected chi connectivity index (χ2v) is 5.24. The Morgan fingerprint density at radius 2 is 1.83 bits per heavy atom. The second kappa shape index (κ2) is 5.74. The van der Waals surface area contributed by atoms with E-state index in [1.807, 2.05) is 24.3 Å². The second-order valence-electron chi connectivity index (χ2n) is 3.92. The Bertz CT molecular complexity index is 538. The zero-order valence-corrected chi connectivity index (χ0v) is 12.1. The fourth-order valence-electron chi connectivity index (χ4n) is 1.50. The quantitative estimate of drug-likeness (QED) is 0.864. The third-order valence-corrected chi connectivity index (χ3v) is 3.29. The van der Waals surface area contributed by atoms with Gasteiger partial charge < -0.3 is 9.84 Å². The molecule has 0 aliphatic rings. The van der Waals surface area contributed by atoms with E-state index in [1.54, 1.807) is 25.1 Å². The van der Waals surface area contributed by atoms with Crippen LogP contribution >= 0.6 is 27.5 Å². The van der Waals surface area contributed by atoms with E-state index in [4.69, 9.17) is 16.3 Å². The summed E-state index contributed by atoms with van der Waals surface area (Å²) < 4.78 is 6.59. The SMILES string of the molecule is C[C@H](O)c1ccc(Oc2cc(Br)ccc2Cl)cc1. The first-order valence-electron chi connectivity index (χ1n) is 5.47. The number of benzene rings is 2. The van der Waals surface area contributed by atoms with Crippen LogP contribution in [0.1, 0.15) is 18.6 Å². The van der Waals surface area contributed by atoms with Crippen molar-refractivity contribution in [2.45, 2.75) is 13.0 Å². The first-order chi connectivity index (χ1) is 8.56. The average Bonchev–Trinajstić information content (AvgIpc) is 2.34. The summed E-state index contributed by atoms with van der Waals surface area (Å²) in [6, 6.07) is 12.7. The predicted octanol–water partition coefficient (Wildman–Crippen LogP) is 4.95. The lowest BCUT2D eigenvalue weighted by atomic mass is 10.1. The van der Waals surface area contributed by atoms with Crippen molar-refractivity contribution in [2.24, 2.45) is 0 Å². The molecule has 0 aliphatic heterocycles. The van der Waals surface area contributed by atoms with Crippen LogP contribution in [0.25, 0.3) is 0 Å². The molecule has 0 radical (unpaired) electrons. The van der Waals surface area contributed by atoms with Gasteiger partial charge in [-0.3, -0.25) is 0 Å². The fourth-order valence-corrected chi connectivity index (χ4v) is 1.99. The molecule has 0 spiro atoms. The molecule has 0 heterocycles. The standard InChI is InChI=1S/C14H12BrClO2/c1-9(17)10-2-5-12(6-3-10)18-14-8-11(15)4-7-13(14)16/h2-9,17H,1H3/t9-/m0/s1. The Hall–Kier alpha value is -1.03. The van der Waals surface area contributed by atoms with Crippen molar-refractivity contribution in [1.29, 1.82) is 0 Å². The molecule has 0 fully saturated rings. The van der Waals surface area contributed by atoms with Gasteiger partial charge in [0.25, 0.3) is 0 Å². The molecule has 0 bridgehead atoms. The van der Waals surface area contributed by atoms with Gasteiger partial charge in [0, 0.05) is 4.47 Å².